The van der Waals surface area contributed by atoms with E-state index in [1.54, 1.807) is 0 Å². The van der Waals surface area contributed by atoms with E-state index in [4.69, 9.17) is 0 Å². The number of carbonyl (C=O) groups is 1. The fourth-order valence-electron chi connectivity index (χ4n) is 2.79. The van der Waals surface area contributed by atoms with Crippen LogP contribution in [0.15, 0.2) is 0 Å². The van der Waals surface area contributed by atoms with Gasteiger partial charge in [0.05, 0.1) is 11.5 Å². The summed E-state index contributed by atoms with van der Waals surface area (Å²) >= 11 is 0. The van der Waals surface area contributed by atoms with Gasteiger partial charge in [-0.3, -0.25) is 4.79 Å². The summed E-state index contributed by atoms with van der Waals surface area (Å²) in [4.78, 5) is 11.7. The predicted molar refractivity (Wildman–Crippen MR) is 45.8 cm³/mol. The van der Waals surface area contributed by atoms with Gasteiger partial charge in [-0.2, -0.15) is 0 Å². The zero-order chi connectivity index (χ0) is 8.60. The number of carbonyl (C=O) groups excluding carboxylic acids is 1. The van der Waals surface area contributed by atoms with Gasteiger partial charge < -0.3 is 5.11 Å². The maximum atomic E-state index is 11.7. The third-order valence-corrected chi connectivity index (χ3v) is 3.57. The Bertz CT molecular complexity index is 200. The first-order chi connectivity index (χ1) is 5.76. The van der Waals surface area contributed by atoms with Crippen LogP contribution in [0.5, 0.6) is 0 Å². The molecule has 0 bridgehead atoms. The van der Waals surface area contributed by atoms with Crippen LogP contribution in [0.1, 0.15) is 44.9 Å². The molecular formula is C10H16O2. The van der Waals surface area contributed by atoms with Crippen LogP contribution in [0.3, 0.4) is 0 Å². The first-order valence-electron chi connectivity index (χ1n) is 4.97. The average molecular weight is 168 g/mol. The minimum absolute atomic E-state index is 0.293. The Hall–Kier alpha value is -0.370. The summed E-state index contributed by atoms with van der Waals surface area (Å²) in [7, 11) is 0. The van der Waals surface area contributed by atoms with Gasteiger partial charge in [0.15, 0.2) is 0 Å². The second-order valence-electron chi connectivity index (χ2n) is 4.19. The Morgan fingerprint density at radius 1 is 1.25 bits per heavy atom. The van der Waals surface area contributed by atoms with Crippen LogP contribution in [0.2, 0.25) is 0 Å². The van der Waals surface area contributed by atoms with E-state index in [1.807, 2.05) is 0 Å². The lowest BCUT2D eigenvalue weighted by Gasteiger charge is -2.34. The highest BCUT2D eigenvalue weighted by atomic mass is 16.3. The Balaban J connectivity index is 2.21. The summed E-state index contributed by atoms with van der Waals surface area (Å²) in [6.07, 6.45) is 6.29. The maximum Gasteiger partial charge on any atom is 0.141 e. The molecule has 0 aromatic rings. The van der Waals surface area contributed by atoms with E-state index < -0.39 is 0 Å². The molecule has 0 heterocycles. The molecule has 2 nitrogen and oxygen atoms in total. The summed E-state index contributed by atoms with van der Waals surface area (Å²) in [5.74, 6) is 0.332. The van der Waals surface area contributed by atoms with Gasteiger partial charge in [-0.1, -0.05) is 6.42 Å². The van der Waals surface area contributed by atoms with Crippen molar-refractivity contribution in [2.45, 2.75) is 51.0 Å². The smallest absolute Gasteiger partial charge is 0.141 e. The summed E-state index contributed by atoms with van der Waals surface area (Å²) < 4.78 is 0. The van der Waals surface area contributed by atoms with Crippen molar-refractivity contribution in [1.29, 1.82) is 0 Å². The van der Waals surface area contributed by atoms with E-state index in [0.717, 1.165) is 38.5 Å². The van der Waals surface area contributed by atoms with Gasteiger partial charge in [-0.25, -0.2) is 0 Å². The molecule has 0 aliphatic heterocycles. The highest BCUT2D eigenvalue weighted by Gasteiger charge is 2.48. The molecule has 0 saturated heterocycles. The van der Waals surface area contributed by atoms with Gasteiger partial charge in [-0.05, 0) is 32.1 Å². The molecule has 68 valence electrons. The van der Waals surface area contributed by atoms with Crippen molar-refractivity contribution < 1.29 is 9.90 Å². The van der Waals surface area contributed by atoms with Gasteiger partial charge in [0.1, 0.15) is 5.78 Å². The number of Topliss-reactive ketones (excluding diaryl/α,β-unsaturated/α-hetero) is 1. The van der Waals surface area contributed by atoms with Crippen molar-refractivity contribution in [3.63, 3.8) is 0 Å². The van der Waals surface area contributed by atoms with Crippen LogP contribution >= 0.6 is 0 Å². The fourth-order valence-corrected chi connectivity index (χ4v) is 2.79. The molecule has 2 atom stereocenters. The highest BCUT2D eigenvalue weighted by Crippen LogP contribution is 2.46. The molecule has 1 spiro atoms. The molecule has 2 aliphatic carbocycles. The third kappa shape index (κ3) is 1.01. The first kappa shape index (κ1) is 8.24. The summed E-state index contributed by atoms with van der Waals surface area (Å²) in [6.45, 7) is 0. The van der Waals surface area contributed by atoms with Crippen LogP contribution in [-0.2, 0) is 4.79 Å². The number of rotatable bonds is 0. The van der Waals surface area contributed by atoms with Gasteiger partial charge >= 0.3 is 0 Å². The van der Waals surface area contributed by atoms with Crippen molar-refractivity contribution in [2.75, 3.05) is 0 Å². The molecule has 2 fully saturated rings. The van der Waals surface area contributed by atoms with Crippen LogP contribution in [-0.4, -0.2) is 17.0 Å². The number of hydrogen-bond donors (Lipinski definition) is 1. The topological polar surface area (TPSA) is 37.3 Å². The fraction of sp³-hybridized carbons (Fsp3) is 0.900. The number of aliphatic hydroxyl groups excluding tert-OH is 1. The van der Waals surface area contributed by atoms with E-state index in [2.05, 4.69) is 0 Å². The van der Waals surface area contributed by atoms with E-state index in [-0.39, 0.29) is 11.5 Å². The van der Waals surface area contributed by atoms with Gasteiger partial charge in [-0.15, -0.1) is 0 Å². The summed E-state index contributed by atoms with van der Waals surface area (Å²) in [5.41, 5.74) is -0.293. The zero-order valence-corrected chi connectivity index (χ0v) is 7.38. The van der Waals surface area contributed by atoms with E-state index in [1.165, 1.54) is 0 Å². The molecule has 0 amide bonds. The van der Waals surface area contributed by atoms with Crippen LogP contribution in [0.25, 0.3) is 0 Å². The third-order valence-electron chi connectivity index (χ3n) is 3.57. The van der Waals surface area contributed by atoms with Crippen molar-refractivity contribution in [3.8, 4) is 0 Å². The standard InChI is InChI=1S/C10H16O2/c11-8-4-1-2-6-10(8)7-3-5-9(10)12/h9,12H,1-7H2/t9-,10?/m0/s1. The lowest BCUT2D eigenvalue weighted by atomic mass is 9.70. The lowest BCUT2D eigenvalue weighted by molar-refractivity contribution is -0.136. The van der Waals surface area contributed by atoms with Gasteiger partial charge in [0.25, 0.3) is 0 Å². The quantitative estimate of drug-likeness (QED) is 0.597. The monoisotopic (exact) mass is 168 g/mol. The molecule has 0 aromatic carbocycles. The van der Waals surface area contributed by atoms with Crippen molar-refractivity contribution in [3.05, 3.63) is 0 Å². The Kier molecular flexibility index (Phi) is 1.95. The minimum Gasteiger partial charge on any atom is -0.392 e. The first-order valence-corrected chi connectivity index (χ1v) is 4.97. The SMILES string of the molecule is O=C1CCCCC12CCC[C@@H]2O. The van der Waals surface area contributed by atoms with Crippen molar-refractivity contribution >= 4 is 5.78 Å². The van der Waals surface area contributed by atoms with E-state index in [9.17, 15) is 9.90 Å². The second-order valence-corrected chi connectivity index (χ2v) is 4.19. The van der Waals surface area contributed by atoms with E-state index >= 15 is 0 Å². The molecule has 2 aliphatic rings. The Labute approximate surface area is 73.0 Å². The van der Waals surface area contributed by atoms with Crippen LogP contribution < -0.4 is 0 Å². The van der Waals surface area contributed by atoms with Crippen molar-refractivity contribution in [2.24, 2.45) is 5.41 Å². The average Bonchev–Trinajstić information content (AvgIpc) is 2.41. The number of aliphatic hydroxyl groups is 1. The van der Waals surface area contributed by atoms with E-state index in [0.29, 0.717) is 12.2 Å². The minimum atomic E-state index is -0.328. The lowest BCUT2D eigenvalue weighted by Crippen LogP contribution is -2.40. The highest BCUT2D eigenvalue weighted by molar-refractivity contribution is 5.86. The normalized spacial score (nSPS) is 42.4. The van der Waals surface area contributed by atoms with Gasteiger partial charge in [0, 0.05) is 6.42 Å². The number of hydrogen-bond acceptors (Lipinski definition) is 2. The van der Waals surface area contributed by atoms with Gasteiger partial charge in [0.2, 0.25) is 0 Å². The molecule has 0 radical (unpaired) electrons. The molecule has 2 rings (SSSR count). The Morgan fingerprint density at radius 2 is 2.00 bits per heavy atom. The van der Waals surface area contributed by atoms with Crippen LogP contribution in [0.4, 0.5) is 0 Å². The zero-order valence-electron chi connectivity index (χ0n) is 7.38. The largest absolute Gasteiger partial charge is 0.392 e. The molecule has 12 heavy (non-hydrogen) atoms. The molecule has 2 saturated carbocycles. The van der Waals surface area contributed by atoms with Crippen LogP contribution in [0, 0.1) is 5.41 Å². The molecule has 2 heteroatoms. The molecular weight excluding hydrogens is 152 g/mol. The molecule has 1 N–H and O–H groups in total. The summed E-state index contributed by atoms with van der Waals surface area (Å²) in [5, 5.41) is 9.75. The predicted octanol–water partition coefficient (Wildman–Crippen LogP) is 1.66. The van der Waals surface area contributed by atoms with Crippen molar-refractivity contribution in [1.82, 2.24) is 0 Å². The Morgan fingerprint density at radius 3 is 2.58 bits per heavy atom. The molecule has 0 aromatic heterocycles. The number of ketones is 1. The molecule has 1 unspecified atom stereocenters. The maximum absolute atomic E-state index is 11.7. The summed E-state index contributed by atoms with van der Waals surface area (Å²) in [6, 6.07) is 0. The second kappa shape index (κ2) is 2.84.